The minimum atomic E-state index is -0.534. The zero-order chi connectivity index (χ0) is 15.2. The highest BCUT2D eigenvalue weighted by atomic mass is 19.1. The van der Waals surface area contributed by atoms with Gasteiger partial charge in [0, 0.05) is 25.2 Å². The molecule has 0 radical (unpaired) electrons. The fourth-order valence-corrected chi connectivity index (χ4v) is 2.32. The first-order chi connectivity index (χ1) is 10.1. The number of hydrogen-bond acceptors (Lipinski definition) is 3. The number of benzene rings is 1. The van der Waals surface area contributed by atoms with Gasteiger partial charge in [-0.05, 0) is 38.2 Å². The van der Waals surface area contributed by atoms with Crippen LogP contribution in [0.1, 0.15) is 22.3 Å². The Morgan fingerprint density at radius 2 is 2.14 bits per heavy atom. The molecule has 1 heterocycles. The van der Waals surface area contributed by atoms with Crippen LogP contribution in [0.3, 0.4) is 0 Å². The van der Waals surface area contributed by atoms with Gasteiger partial charge in [-0.3, -0.25) is 4.79 Å². The highest BCUT2D eigenvalue weighted by molar-refractivity contribution is 5.94. The lowest BCUT2D eigenvalue weighted by molar-refractivity contribution is 0.0762. The molecule has 0 aromatic heterocycles. The van der Waals surface area contributed by atoms with Gasteiger partial charge in [0.05, 0.1) is 5.56 Å². The Bertz CT molecular complexity index is 577. The summed E-state index contributed by atoms with van der Waals surface area (Å²) in [6.07, 6.45) is 0.921. The molecular formula is C16H19FN2O2. The predicted molar refractivity (Wildman–Crippen MR) is 78.4 cm³/mol. The monoisotopic (exact) mass is 290 g/mol. The SMILES string of the molecule is CN1CCCN(C(=O)c2ccc(C#CCO)c(F)c2)CC1. The molecule has 1 fully saturated rings. The van der Waals surface area contributed by atoms with Gasteiger partial charge in [0.1, 0.15) is 12.4 Å². The number of carbonyl (C=O) groups excluding carboxylic acids is 1. The van der Waals surface area contributed by atoms with E-state index in [0.29, 0.717) is 18.7 Å². The molecule has 0 spiro atoms. The summed E-state index contributed by atoms with van der Waals surface area (Å²) < 4.78 is 13.9. The molecule has 5 heteroatoms. The van der Waals surface area contributed by atoms with Gasteiger partial charge >= 0.3 is 0 Å². The molecular weight excluding hydrogens is 271 g/mol. The molecule has 21 heavy (non-hydrogen) atoms. The molecule has 112 valence electrons. The summed E-state index contributed by atoms with van der Waals surface area (Å²) in [5.41, 5.74) is 0.530. The number of likely N-dealkylation sites (N-methyl/N-ethyl adjacent to an activating group) is 1. The largest absolute Gasteiger partial charge is 0.384 e. The van der Waals surface area contributed by atoms with Crippen molar-refractivity contribution >= 4 is 5.91 Å². The summed E-state index contributed by atoms with van der Waals surface area (Å²) in [6.45, 7) is 2.82. The second kappa shape index (κ2) is 7.21. The number of nitrogens with zero attached hydrogens (tertiary/aromatic N) is 2. The maximum Gasteiger partial charge on any atom is 0.254 e. The molecule has 1 aromatic carbocycles. The summed E-state index contributed by atoms with van der Waals surface area (Å²) in [4.78, 5) is 16.3. The van der Waals surface area contributed by atoms with Gasteiger partial charge in [0.2, 0.25) is 0 Å². The van der Waals surface area contributed by atoms with Crippen LogP contribution in [0.2, 0.25) is 0 Å². The first-order valence-corrected chi connectivity index (χ1v) is 6.99. The number of rotatable bonds is 1. The molecule has 0 saturated carbocycles. The highest BCUT2D eigenvalue weighted by Crippen LogP contribution is 2.13. The zero-order valence-corrected chi connectivity index (χ0v) is 12.1. The Labute approximate surface area is 124 Å². The average molecular weight is 290 g/mol. The van der Waals surface area contributed by atoms with E-state index in [9.17, 15) is 9.18 Å². The number of aliphatic hydroxyl groups is 1. The van der Waals surface area contributed by atoms with E-state index < -0.39 is 5.82 Å². The van der Waals surface area contributed by atoms with Crippen LogP contribution in [0.15, 0.2) is 18.2 Å². The quantitative estimate of drug-likeness (QED) is 0.783. The smallest absolute Gasteiger partial charge is 0.254 e. The normalized spacial score (nSPS) is 16.0. The Morgan fingerprint density at radius 1 is 1.33 bits per heavy atom. The topological polar surface area (TPSA) is 43.8 Å². The summed E-state index contributed by atoms with van der Waals surface area (Å²) in [5.74, 6) is 4.23. The minimum absolute atomic E-state index is 0.147. The van der Waals surface area contributed by atoms with Crippen LogP contribution < -0.4 is 0 Å². The van der Waals surface area contributed by atoms with Crippen LogP contribution >= 0.6 is 0 Å². The van der Waals surface area contributed by atoms with Gasteiger partial charge in [0.15, 0.2) is 0 Å². The van der Waals surface area contributed by atoms with Crippen molar-refractivity contribution in [3.05, 3.63) is 35.1 Å². The van der Waals surface area contributed by atoms with Crippen LogP contribution in [0.4, 0.5) is 4.39 Å². The second-order valence-corrected chi connectivity index (χ2v) is 5.10. The van der Waals surface area contributed by atoms with Crippen LogP contribution in [0.5, 0.6) is 0 Å². The summed E-state index contributed by atoms with van der Waals surface area (Å²) in [5, 5.41) is 8.62. The molecule has 0 atom stereocenters. The molecule has 1 aliphatic rings. The van der Waals surface area contributed by atoms with Crippen LogP contribution in [0, 0.1) is 17.7 Å². The van der Waals surface area contributed by atoms with Gasteiger partial charge in [-0.1, -0.05) is 11.8 Å². The first-order valence-electron chi connectivity index (χ1n) is 6.99. The van der Waals surface area contributed by atoms with E-state index in [2.05, 4.69) is 16.7 Å². The molecule has 0 unspecified atom stereocenters. The van der Waals surface area contributed by atoms with Gasteiger partial charge in [-0.2, -0.15) is 0 Å². The number of hydrogen-bond donors (Lipinski definition) is 1. The third kappa shape index (κ3) is 4.03. The van der Waals surface area contributed by atoms with Gasteiger partial charge in [-0.25, -0.2) is 4.39 Å². The predicted octanol–water partition coefficient (Wildman–Crippen LogP) is 0.947. The second-order valence-electron chi connectivity index (χ2n) is 5.10. The third-order valence-corrected chi connectivity index (χ3v) is 3.52. The molecule has 4 nitrogen and oxygen atoms in total. The van der Waals surface area contributed by atoms with Gasteiger partial charge in [0.25, 0.3) is 5.91 Å². The van der Waals surface area contributed by atoms with Crippen LogP contribution in [-0.2, 0) is 0 Å². The molecule has 1 saturated heterocycles. The van der Waals surface area contributed by atoms with E-state index in [-0.39, 0.29) is 18.1 Å². The number of amides is 1. The van der Waals surface area contributed by atoms with Crippen molar-refractivity contribution < 1.29 is 14.3 Å². The van der Waals surface area contributed by atoms with Gasteiger partial charge in [-0.15, -0.1) is 0 Å². The molecule has 1 N–H and O–H groups in total. The van der Waals surface area contributed by atoms with Crippen molar-refractivity contribution in [1.82, 2.24) is 9.80 Å². The highest BCUT2D eigenvalue weighted by Gasteiger charge is 2.19. The Balaban J connectivity index is 2.14. The number of aliphatic hydroxyl groups excluding tert-OH is 1. The Kier molecular flexibility index (Phi) is 5.32. The molecule has 0 bridgehead atoms. The van der Waals surface area contributed by atoms with Crippen molar-refractivity contribution in [2.24, 2.45) is 0 Å². The Hall–Kier alpha value is -1.90. The van der Waals surface area contributed by atoms with Crippen molar-refractivity contribution in [3.63, 3.8) is 0 Å². The lowest BCUT2D eigenvalue weighted by Gasteiger charge is -2.20. The zero-order valence-electron chi connectivity index (χ0n) is 12.1. The molecule has 2 rings (SSSR count). The van der Waals surface area contributed by atoms with E-state index in [0.717, 1.165) is 19.5 Å². The number of halogens is 1. The lowest BCUT2D eigenvalue weighted by atomic mass is 10.1. The summed E-state index contributed by atoms with van der Waals surface area (Å²) in [7, 11) is 2.03. The maximum absolute atomic E-state index is 13.9. The fourth-order valence-electron chi connectivity index (χ4n) is 2.32. The average Bonchev–Trinajstić information content (AvgIpc) is 2.70. The fraction of sp³-hybridized carbons (Fsp3) is 0.438. The van der Waals surface area contributed by atoms with Crippen LogP contribution in [-0.4, -0.2) is 60.6 Å². The molecule has 0 aliphatic carbocycles. The number of carbonyl (C=O) groups is 1. The van der Waals surface area contributed by atoms with E-state index in [1.807, 2.05) is 7.05 Å². The molecule has 1 amide bonds. The molecule has 1 aliphatic heterocycles. The summed E-state index contributed by atoms with van der Waals surface area (Å²) >= 11 is 0. The van der Waals surface area contributed by atoms with E-state index in [1.165, 1.54) is 12.1 Å². The van der Waals surface area contributed by atoms with Crippen molar-refractivity contribution in [2.45, 2.75) is 6.42 Å². The lowest BCUT2D eigenvalue weighted by Crippen LogP contribution is -2.34. The summed E-state index contributed by atoms with van der Waals surface area (Å²) in [6, 6.07) is 4.29. The van der Waals surface area contributed by atoms with Crippen molar-refractivity contribution in [3.8, 4) is 11.8 Å². The van der Waals surface area contributed by atoms with E-state index in [4.69, 9.17) is 5.11 Å². The van der Waals surface area contributed by atoms with E-state index >= 15 is 0 Å². The minimum Gasteiger partial charge on any atom is -0.384 e. The Morgan fingerprint density at radius 3 is 2.86 bits per heavy atom. The maximum atomic E-state index is 13.9. The molecule has 1 aromatic rings. The van der Waals surface area contributed by atoms with Gasteiger partial charge < -0.3 is 14.9 Å². The van der Waals surface area contributed by atoms with E-state index in [1.54, 1.807) is 11.0 Å². The van der Waals surface area contributed by atoms with Crippen molar-refractivity contribution in [1.29, 1.82) is 0 Å². The third-order valence-electron chi connectivity index (χ3n) is 3.52. The standard InChI is InChI=1S/C16H19FN2O2/c1-18-7-3-8-19(10-9-18)16(21)14-6-5-13(4-2-11-20)15(17)12-14/h5-6,12,20H,3,7-11H2,1H3. The van der Waals surface area contributed by atoms with Crippen LogP contribution in [0.25, 0.3) is 0 Å². The first kappa shape index (κ1) is 15.5. The van der Waals surface area contributed by atoms with Crippen molar-refractivity contribution in [2.75, 3.05) is 39.8 Å².